The minimum absolute atomic E-state index is 0.0710. The first-order valence-corrected chi connectivity index (χ1v) is 11.6. The van der Waals surface area contributed by atoms with Crippen molar-refractivity contribution in [2.75, 3.05) is 5.75 Å². The molecule has 0 fully saturated rings. The van der Waals surface area contributed by atoms with E-state index in [-0.39, 0.29) is 23.9 Å². The molecule has 1 atom stereocenters. The van der Waals surface area contributed by atoms with Crippen LogP contribution in [0.15, 0.2) is 69.4 Å². The number of ether oxygens (including phenoxy) is 1. The van der Waals surface area contributed by atoms with Crippen LogP contribution in [0.1, 0.15) is 23.7 Å². The largest absolute Gasteiger partial charge is 0.460 e. The van der Waals surface area contributed by atoms with E-state index in [0.29, 0.717) is 15.3 Å². The number of carbonyl (C=O) groups is 1. The molecule has 0 radical (unpaired) electrons. The van der Waals surface area contributed by atoms with Gasteiger partial charge in [-0.05, 0) is 24.6 Å². The van der Waals surface area contributed by atoms with Crippen LogP contribution >= 0.6 is 23.5 Å². The first kappa shape index (κ1) is 20.8. The summed E-state index contributed by atoms with van der Waals surface area (Å²) in [5.74, 6) is -0.246. The second-order valence-electron chi connectivity index (χ2n) is 7.21. The number of benzene rings is 2. The predicted molar refractivity (Wildman–Crippen MR) is 121 cm³/mol. The summed E-state index contributed by atoms with van der Waals surface area (Å²) in [5.41, 5.74) is 3.55. The lowest BCUT2D eigenvalue weighted by atomic mass is 10.2. The molecule has 0 aliphatic carbocycles. The Bertz CT molecular complexity index is 1110. The molecule has 2 aromatic carbocycles. The number of nitrogens with zero attached hydrogens (tertiary/aromatic N) is 2. The van der Waals surface area contributed by atoms with Crippen LogP contribution in [0.2, 0.25) is 0 Å². The maximum absolute atomic E-state index is 13.2. The third-order valence-corrected chi connectivity index (χ3v) is 6.86. The number of thioether (sulfide) groups is 2. The van der Waals surface area contributed by atoms with Gasteiger partial charge in [0.2, 0.25) is 0 Å². The van der Waals surface area contributed by atoms with Crippen molar-refractivity contribution in [3.8, 4) is 5.69 Å². The van der Waals surface area contributed by atoms with Crippen molar-refractivity contribution in [2.45, 2.75) is 42.2 Å². The van der Waals surface area contributed by atoms with Crippen LogP contribution in [-0.4, -0.2) is 26.5 Å². The standard InChI is InChI=1S/C23H22N2O3S2/c1-15-8-10-18(11-9-15)25-22(27)21-19(12-16(2)30-21)24-23(25)29-14-20(26)28-13-17-6-4-3-5-7-17/h3-11,16H,12-14H2,1-2H3. The molecule has 2 heterocycles. The van der Waals surface area contributed by atoms with Crippen LogP contribution in [0.5, 0.6) is 0 Å². The molecule has 1 unspecified atom stereocenters. The number of hydrogen-bond acceptors (Lipinski definition) is 6. The summed E-state index contributed by atoms with van der Waals surface area (Å²) < 4.78 is 6.98. The van der Waals surface area contributed by atoms with Crippen molar-refractivity contribution in [2.24, 2.45) is 0 Å². The van der Waals surface area contributed by atoms with Crippen LogP contribution in [0.25, 0.3) is 5.69 Å². The third-order valence-electron chi connectivity index (χ3n) is 4.74. The highest BCUT2D eigenvalue weighted by atomic mass is 32.2. The van der Waals surface area contributed by atoms with Gasteiger partial charge in [-0.1, -0.05) is 66.7 Å². The molecule has 7 heteroatoms. The summed E-state index contributed by atoms with van der Waals surface area (Å²) in [4.78, 5) is 31.0. The topological polar surface area (TPSA) is 61.2 Å². The zero-order chi connectivity index (χ0) is 21.1. The number of aryl methyl sites for hydroxylation is 1. The van der Waals surface area contributed by atoms with Crippen molar-refractivity contribution in [3.05, 3.63) is 81.8 Å². The van der Waals surface area contributed by atoms with E-state index in [1.54, 1.807) is 16.3 Å². The fourth-order valence-corrected chi connectivity index (χ4v) is 5.14. The molecule has 3 aromatic rings. The molecular weight excluding hydrogens is 416 g/mol. The van der Waals surface area contributed by atoms with E-state index in [9.17, 15) is 9.59 Å². The summed E-state index contributed by atoms with van der Waals surface area (Å²) in [6.07, 6.45) is 0.760. The highest BCUT2D eigenvalue weighted by Crippen LogP contribution is 2.34. The lowest BCUT2D eigenvalue weighted by Gasteiger charge is -2.14. The number of aromatic nitrogens is 2. The molecule has 154 valence electrons. The molecule has 5 nitrogen and oxygen atoms in total. The monoisotopic (exact) mass is 438 g/mol. The minimum Gasteiger partial charge on any atom is -0.460 e. The molecule has 0 saturated heterocycles. The van der Waals surface area contributed by atoms with Crippen molar-refractivity contribution >= 4 is 29.5 Å². The zero-order valence-electron chi connectivity index (χ0n) is 16.8. The first-order chi connectivity index (χ1) is 14.5. The molecule has 0 spiro atoms. The fraction of sp³-hybridized carbons (Fsp3) is 0.261. The van der Waals surface area contributed by atoms with Crippen molar-refractivity contribution in [1.29, 1.82) is 0 Å². The van der Waals surface area contributed by atoms with Crippen LogP contribution in [-0.2, 0) is 22.6 Å². The molecule has 0 bridgehead atoms. The maximum Gasteiger partial charge on any atom is 0.316 e. The molecular formula is C23H22N2O3S2. The second kappa shape index (κ2) is 9.10. The minimum atomic E-state index is -0.336. The highest BCUT2D eigenvalue weighted by molar-refractivity contribution is 8.00. The van der Waals surface area contributed by atoms with Crippen molar-refractivity contribution in [1.82, 2.24) is 9.55 Å². The average Bonchev–Trinajstić information content (AvgIpc) is 3.13. The van der Waals surface area contributed by atoms with Gasteiger partial charge in [-0.3, -0.25) is 14.2 Å². The van der Waals surface area contributed by atoms with Crippen LogP contribution < -0.4 is 5.56 Å². The summed E-state index contributed by atoms with van der Waals surface area (Å²) >= 11 is 2.81. The van der Waals surface area contributed by atoms with E-state index in [2.05, 4.69) is 6.92 Å². The molecule has 1 aromatic heterocycles. The summed E-state index contributed by atoms with van der Waals surface area (Å²) in [6.45, 7) is 4.33. The Kier molecular flexibility index (Phi) is 6.29. The molecule has 0 amide bonds. The van der Waals surface area contributed by atoms with Gasteiger partial charge in [-0.15, -0.1) is 11.8 Å². The molecule has 0 saturated carbocycles. The van der Waals surface area contributed by atoms with Gasteiger partial charge in [0.1, 0.15) is 6.61 Å². The van der Waals surface area contributed by atoms with Gasteiger partial charge >= 0.3 is 5.97 Å². The summed E-state index contributed by atoms with van der Waals surface area (Å²) in [6, 6.07) is 17.3. The van der Waals surface area contributed by atoms with E-state index in [0.717, 1.165) is 28.9 Å². The molecule has 0 N–H and O–H groups in total. The Morgan fingerprint density at radius 3 is 2.67 bits per heavy atom. The fourth-order valence-electron chi connectivity index (χ4n) is 3.22. The Morgan fingerprint density at radius 2 is 1.93 bits per heavy atom. The number of fused-ring (bicyclic) bond motifs is 1. The van der Waals surface area contributed by atoms with E-state index in [1.165, 1.54) is 11.8 Å². The molecule has 30 heavy (non-hydrogen) atoms. The number of rotatable bonds is 6. The quantitative estimate of drug-likeness (QED) is 0.323. The van der Waals surface area contributed by atoms with Gasteiger partial charge in [0, 0.05) is 11.7 Å². The van der Waals surface area contributed by atoms with Gasteiger partial charge < -0.3 is 4.74 Å². The Balaban J connectivity index is 1.56. The normalized spacial score (nSPS) is 15.1. The van der Waals surface area contributed by atoms with Crippen LogP contribution in [0.3, 0.4) is 0 Å². The van der Waals surface area contributed by atoms with Crippen molar-refractivity contribution in [3.63, 3.8) is 0 Å². The first-order valence-electron chi connectivity index (χ1n) is 9.73. The molecule has 1 aliphatic heterocycles. The van der Waals surface area contributed by atoms with E-state index in [4.69, 9.17) is 9.72 Å². The van der Waals surface area contributed by atoms with E-state index in [1.807, 2.05) is 61.5 Å². The van der Waals surface area contributed by atoms with Gasteiger partial charge in [-0.25, -0.2) is 4.98 Å². The lowest BCUT2D eigenvalue weighted by molar-refractivity contribution is -0.141. The Labute approximate surface area is 183 Å². The molecule has 1 aliphatic rings. The number of carbonyl (C=O) groups excluding carboxylic acids is 1. The lowest BCUT2D eigenvalue weighted by Crippen LogP contribution is -2.24. The predicted octanol–water partition coefficient (Wildman–Crippen LogP) is 4.41. The van der Waals surface area contributed by atoms with Gasteiger partial charge in [0.25, 0.3) is 5.56 Å². The van der Waals surface area contributed by atoms with Crippen LogP contribution in [0.4, 0.5) is 0 Å². The Morgan fingerprint density at radius 1 is 1.20 bits per heavy atom. The summed E-state index contributed by atoms with van der Waals surface area (Å²) in [5, 5.41) is 0.844. The molecule has 4 rings (SSSR count). The maximum atomic E-state index is 13.2. The van der Waals surface area contributed by atoms with Crippen molar-refractivity contribution < 1.29 is 9.53 Å². The average molecular weight is 439 g/mol. The van der Waals surface area contributed by atoms with Gasteiger partial charge in [0.05, 0.1) is 22.0 Å². The number of hydrogen-bond donors (Lipinski definition) is 0. The van der Waals surface area contributed by atoms with Gasteiger partial charge in [0.15, 0.2) is 5.16 Å². The van der Waals surface area contributed by atoms with Gasteiger partial charge in [-0.2, -0.15) is 0 Å². The number of esters is 1. The van der Waals surface area contributed by atoms with E-state index < -0.39 is 0 Å². The second-order valence-corrected chi connectivity index (χ2v) is 9.61. The Hall–Kier alpha value is -2.51. The third kappa shape index (κ3) is 4.63. The zero-order valence-corrected chi connectivity index (χ0v) is 18.5. The highest BCUT2D eigenvalue weighted by Gasteiger charge is 2.27. The van der Waals surface area contributed by atoms with E-state index >= 15 is 0 Å². The summed E-state index contributed by atoms with van der Waals surface area (Å²) in [7, 11) is 0. The SMILES string of the molecule is Cc1ccc(-n2c(SCC(=O)OCc3ccccc3)nc3c(c2=O)SC(C)C3)cc1. The smallest absolute Gasteiger partial charge is 0.316 e. The van der Waals surface area contributed by atoms with Crippen LogP contribution in [0, 0.1) is 6.92 Å².